The van der Waals surface area contributed by atoms with Crippen molar-refractivity contribution in [3.05, 3.63) is 59.3 Å². The largest absolute Gasteiger partial charge is 0.369 e. The van der Waals surface area contributed by atoms with Crippen molar-refractivity contribution in [1.29, 1.82) is 0 Å². The summed E-state index contributed by atoms with van der Waals surface area (Å²) >= 11 is 0. The first-order chi connectivity index (χ1) is 20.6. The number of carbonyl (C=O) groups is 2. The van der Waals surface area contributed by atoms with Gasteiger partial charge in [0.15, 0.2) is 0 Å². The minimum Gasteiger partial charge on any atom is -0.369 e. The number of para-hydroxylation sites is 1. The van der Waals surface area contributed by atoms with Crippen molar-refractivity contribution in [2.75, 3.05) is 33.3 Å². The summed E-state index contributed by atoms with van der Waals surface area (Å²) in [5, 5.41) is 6.28. The number of hydrogen-bond acceptors (Lipinski definition) is 5. The van der Waals surface area contributed by atoms with Gasteiger partial charge in [-0.15, -0.1) is 0 Å². The number of pyridine rings is 1. The van der Waals surface area contributed by atoms with Crippen molar-refractivity contribution < 1.29 is 14.3 Å². The summed E-state index contributed by atoms with van der Waals surface area (Å²) in [6.45, 7) is 9.46. The van der Waals surface area contributed by atoms with Crippen LogP contribution in [0, 0.1) is 12.8 Å². The Balaban J connectivity index is 1.25. The van der Waals surface area contributed by atoms with Crippen molar-refractivity contribution in [1.82, 2.24) is 24.0 Å². The van der Waals surface area contributed by atoms with Crippen molar-refractivity contribution in [2.24, 2.45) is 11.7 Å². The van der Waals surface area contributed by atoms with Gasteiger partial charge in [-0.25, -0.2) is 4.52 Å². The van der Waals surface area contributed by atoms with Gasteiger partial charge in [-0.3, -0.25) is 9.59 Å². The average Bonchev–Trinajstić information content (AvgIpc) is 3.64. The third kappa shape index (κ3) is 4.92. The molecular formula is C34H42N6O3. The lowest BCUT2D eigenvalue weighted by Crippen LogP contribution is -2.55. The summed E-state index contributed by atoms with van der Waals surface area (Å²) < 4.78 is 9.79. The lowest BCUT2D eigenvalue weighted by molar-refractivity contribution is -0.155. The van der Waals surface area contributed by atoms with E-state index < -0.39 is 5.60 Å². The predicted molar refractivity (Wildman–Crippen MR) is 167 cm³/mol. The van der Waals surface area contributed by atoms with Gasteiger partial charge in [0, 0.05) is 68.9 Å². The van der Waals surface area contributed by atoms with Gasteiger partial charge in [-0.1, -0.05) is 18.2 Å². The summed E-state index contributed by atoms with van der Waals surface area (Å²) in [6, 6.07) is 12.8. The number of aromatic nitrogens is 3. The maximum absolute atomic E-state index is 13.3. The van der Waals surface area contributed by atoms with E-state index in [1.807, 2.05) is 46.5 Å². The molecule has 2 aliphatic heterocycles. The quantitative estimate of drug-likeness (QED) is 0.344. The molecule has 3 fully saturated rings. The van der Waals surface area contributed by atoms with Crippen molar-refractivity contribution in [3.8, 4) is 11.4 Å². The highest BCUT2D eigenvalue weighted by molar-refractivity contribution is 5.95. The fraction of sp³-hybridized carbons (Fsp3) is 0.500. The smallest absolute Gasteiger partial charge is 0.255 e. The second-order valence-electron chi connectivity index (χ2n) is 13.4. The Bertz CT molecular complexity index is 1720. The van der Waals surface area contributed by atoms with Gasteiger partial charge in [0.05, 0.1) is 22.3 Å². The molecule has 226 valence electrons. The van der Waals surface area contributed by atoms with Gasteiger partial charge in [0.1, 0.15) is 11.3 Å². The van der Waals surface area contributed by atoms with Crippen molar-refractivity contribution in [2.45, 2.75) is 70.6 Å². The molecule has 1 aromatic carbocycles. The van der Waals surface area contributed by atoms with Gasteiger partial charge < -0.3 is 24.8 Å². The number of piperidine rings is 1. The van der Waals surface area contributed by atoms with Crippen LogP contribution in [0.3, 0.4) is 0 Å². The molecule has 43 heavy (non-hydrogen) atoms. The normalized spacial score (nSPS) is 19.8. The zero-order chi connectivity index (χ0) is 30.0. The molecule has 5 heterocycles. The lowest BCUT2D eigenvalue weighted by atomic mass is 9.88. The van der Waals surface area contributed by atoms with Gasteiger partial charge in [0.25, 0.3) is 11.8 Å². The number of methoxy groups -OCH3 is 1. The first-order valence-electron chi connectivity index (χ1n) is 15.7. The van der Waals surface area contributed by atoms with Crippen LogP contribution in [0.5, 0.6) is 0 Å². The van der Waals surface area contributed by atoms with E-state index in [1.165, 1.54) is 29.3 Å². The second kappa shape index (κ2) is 10.5. The van der Waals surface area contributed by atoms with Crippen LogP contribution in [0.25, 0.3) is 27.8 Å². The maximum Gasteiger partial charge on any atom is 0.255 e. The van der Waals surface area contributed by atoms with Crippen LogP contribution in [0.15, 0.2) is 42.6 Å². The molecule has 4 aromatic rings. The van der Waals surface area contributed by atoms with Gasteiger partial charge in [0.2, 0.25) is 0 Å². The number of benzene rings is 1. The summed E-state index contributed by atoms with van der Waals surface area (Å²) in [6.07, 6.45) is 6.26. The molecule has 2 N–H and O–H groups in total. The molecule has 7 rings (SSSR count). The minimum atomic E-state index is -0.817. The van der Waals surface area contributed by atoms with E-state index in [2.05, 4.69) is 35.8 Å². The van der Waals surface area contributed by atoms with E-state index in [9.17, 15) is 9.59 Å². The number of hydrogen-bond donors (Lipinski definition) is 1. The van der Waals surface area contributed by atoms with Crippen LogP contribution in [0.1, 0.15) is 66.9 Å². The Kier molecular flexibility index (Phi) is 6.85. The SMILES string of the molecule is COC(C)(C)C(=O)N1CC(c2cccc3cc(-c4nn5cc(C(=O)N6CCCC(N)C6)ccc5c4C)n(CC4CC4)c23)C1. The zero-order valence-corrected chi connectivity index (χ0v) is 25.7. The highest BCUT2D eigenvalue weighted by atomic mass is 16.5. The van der Waals surface area contributed by atoms with E-state index in [4.69, 9.17) is 15.6 Å². The minimum absolute atomic E-state index is 0.0150. The molecule has 0 spiro atoms. The number of carbonyl (C=O) groups excluding carboxylic acids is 2. The number of rotatable bonds is 7. The number of fused-ring (bicyclic) bond motifs is 2. The fourth-order valence-electron chi connectivity index (χ4n) is 6.86. The number of likely N-dealkylation sites (tertiary alicyclic amines) is 2. The van der Waals surface area contributed by atoms with Crippen LogP contribution < -0.4 is 5.73 Å². The third-order valence-electron chi connectivity index (χ3n) is 9.83. The zero-order valence-electron chi connectivity index (χ0n) is 25.7. The summed E-state index contributed by atoms with van der Waals surface area (Å²) in [5.41, 5.74) is 12.7. The number of nitrogens with two attached hydrogens (primary N) is 1. The van der Waals surface area contributed by atoms with Gasteiger partial charge in [-0.2, -0.15) is 5.10 Å². The molecule has 2 amide bonds. The lowest BCUT2D eigenvalue weighted by Gasteiger charge is -2.43. The van der Waals surface area contributed by atoms with Crippen LogP contribution in [0.4, 0.5) is 0 Å². The van der Waals surface area contributed by atoms with Crippen LogP contribution in [-0.4, -0.2) is 80.7 Å². The number of aryl methyl sites for hydroxylation is 1. The summed E-state index contributed by atoms with van der Waals surface area (Å²) in [4.78, 5) is 30.1. The molecule has 1 unspecified atom stereocenters. The molecule has 0 bridgehead atoms. The van der Waals surface area contributed by atoms with Gasteiger partial charge in [-0.05, 0) is 76.1 Å². The van der Waals surface area contributed by atoms with Gasteiger partial charge >= 0.3 is 0 Å². The Morgan fingerprint density at radius 2 is 1.86 bits per heavy atom. The highest BCUT2D eigenvalue weighted by Gasteiger charge is 2.40. The number of ether oxygens (including phenoxy) is 1. The first-order valence-corrected chi connectivity index (χ1v) is 15.7. The summed E-state index contributed by atoms with van der Waals surface area (Å²) in [5.74, 6) is 0.997. The average molecular weight is 583 g/mol. The Morgan fingerprint density at radius 1 is 1.07 bits per heavy atom. The number of nitrogens with zero attached hydrogens (tertiary/aromatic N) is 5. The van der Waals surface area contributed by atoms with E-state index in [0.717, 1.165) is 48.4 Å². The Labute approximate surface area is 252 Å². The van der Waals surface area contributed by atoms with E-state index in [-0.39, 0.29) is 23.8 Å². The molecule has 3 aliphatic rings. The molecule has 3 aromatic heterocycles. The first kappa shape index (κ1) is 28.1. The fourth-order valence-corrected chi connectivity index (χ4v) is 6.86. The molecule has 0 radical (unpaired) electrons. The molecular weight excluding hydrogens is 540 g/mol. The molecule has 9 nitrogen and oxygen atoms in total. The third-order valence-corrected chi connectivity index (χ3v) is 9.83. The Hall–Kier alpha value is -3.69. The molecule has 2 saturated heterocycles. The van der Waals surface area contributed by atoms with E-state index in [0.29, 0.717) is 31.1 Å². The van der Waals surface area contributed by atoms with E-state index in [1.54, 1.807) is 7.11 Å². The predicted octanol–water partition coefficient (Wildman–Crippen LogP) is 4.59. The molecule has 1 atom stereocenters. The standard InChI is InChI=1S/C34H42N6O3/c1-21-28-13-12-24(32(41)37-14-6-8-26(35)20-37)19-40(28)36-30(21)29-15-23-7-5-9-27(31(23)39(29)16-22-10-11-22)25-17-38(18-25)33(42)34(2,3)43-4/h5,7,9,12-13,15,19,22,25-26H,6,8,10-11,14,16-18,20,35H2,1-4H3. The highest BCUT2D eigenvalue weighted by Crippen LogP contribution is 2.41. The van der Waals surface area contributed by atoms with Crippen molar-refractivity contribution >= 4 is 28.2 Å². The Morgan fingerprint density at radius 3 is 2.58 bits per heavy atom. The van der Waals surface area contributed by atoms with Crippen LogP contribution in [0.2, 0.25) is 0 Å². The van der Waals surface area contributed by atoms with Crippen LogP contribution in [-0.2, 0) is 16.1 Å². The number of amides is 2. The molecule has 1 saturated carbocycles. The van der Waals surface area contributed by atoms with Crippen molar-refractivity contribution in [3.63, 3.8) is 0 Å². The van der Waals surface area contributed by atoms with Crippen LogP contribution >= 0.6 is 0 Å². The maximum atomic E-state index is 13.3. The topological polar surface area (TPSA) is 98.1 Å². The summed E-state index contributed by atoms with van der Waals surface area (Å²) in [7, 11) is 1.59. The monoisotopic (exact) mass is 582 g/mol. The molecule has 1 aliphatic carbocycles. The van der Waals surface area contributed by atoms with E-state index >= 15 is 0 Å². The molecule has 9 heteroatoms. The second-order valence-corrected chi connectivity index (χ2v) is 13.4.